The summed E-state index contributed by atoms with van der Waals surface area (Å²) >= 11 is 0. The van der Waals surface area contributed by atoms with Crippen LogP contribution in [0.15, 0.2) is 42.6 Å². The second-order valence-corrected chi connectivity index (χ2v) is 6.07. The van der Waals surface area contributed by atoms with Gasteiger partial charge in [-0.1, -0.05) is 24.3 Å². The first-order chi connectivity index (χ1) is 11.2. The number of aromatic nitrogens is 1. The average Bonchev–Trinajstić information content (AvgIpc) is 2.61. The fourth-order valence-corrected chi connectivity index (χ4v) is 3.36. The lowest BCUT2D eigenvalue weighted by molar-refractivity contribution is 0.0541. The molecule has 1 aliphatic heterocycles. The van der Waals surface area contributed by atoms with Gasteiger partial charge < -0.3 is 10.1 Å². The molecule has 0 aliphatic carbocycles. The van der Waals surface area contributed by atoms with Crippen molar-refractivity contribution in [3.05, 3.63) is 59.3 Å². The van der Waals surface area contributed by atoms with Crippen molar-refractivity contribution in [2.45, 2.75) is 25.2 Å². The van der Waals surface area contributed by atoms with Crippen LogP contribution in [0.1, 0.15) is 29.5 Å². The van der Waals surface area contributed by atoms with Gasteiger partial charge in [-0.2, -0.15) is 5.26 Å². The molecule has 0 spiro atoms. The molecular formula is C19H21N3O. The van der Waals surface area contributed by atoms with Crippen LogP contribution in [-0.4, -0.2) is 24.7 Å². The van der Waals surface area contributed by atoms with E-state index >= 15 is 0 Å². The number of nitrogens with one attached hydrogen (secondary N) is 1. The first-order valence-corrected chi connectivity index (χ1v) is 7.98. The van der Waals surface area contributed by atoms with Crippen LogP contribution in [0.2, 0.25) is 0 Å². The lowest BCUT2D eigenvalue weighted by atomic mass is 9.72. The minimum absolute atomic E-state index is 0.0217. The van der Waals surface area contributed by atoms with Gasteiger partial charge in [0.15, 0.2) is 0 Å². The van der Waals surface area contributed by atoms with Crippen LogP contribution in [0.3, 0.4) is 0 Å². The van der Waals surface area contributed by atoms with Gasteiger partial charge in [-0.05, 0) is 43.0 Å². The molecule has 2 heterocycles. The number of nitrogens with zero attached hydrogens (tertiary/aromatic N) is 2. The van der Waals surface area contributed by atoms with Gasteiger partial charge in [-0.25, -0.2) is 4.98 Å². The molecule has 4 heteroatoms. The highest BCUT2D eigenvalue weighted by molar-refractivity contribution is 5.52. The number of aryl methyl sites for hydroxylation is 1. The quantitative estimate of drug-likeness (QED) is 0.940. The molecular weight excluding hydrogens is 286 g/mol. The monoisotopic (exact) mass is 307 g/mol. The third-order valence-electron chi connectivity index (χ3n) is 4.69. The first kappa shape index (κ1) is 15.5. The van der Waals surface area contributed by atoms with Crippen molar-refractivity contribution in [3.8, 4) is 6.07 Å². The number of anilines is 1. The van der Waals surface area contributed by atoms with E-state index in [9.17, 15) is 5.26 Å². The van der Waals surface area contributed by atoms with Crippen LogP contribution >= 0.6 is 0 Å². The van der Waals surface area contributed by atoms with Crippen molar-refractivity contribution in [1.29, 1.82) is 5.26 Å². The van der Waals surface area contributed by atoms with Gasteiger partial charge >= 0.3 is 0 Å². The number of hydrogen-bond acceptors (Lipinski definition) is 4. The Morgan fingerprint density at radius 2 is 2.00 bits per heavy atom. The first-order valence-electron chi connectivity index (χ1n) is 7.98. The molecule has 1 aromatic heterocycles. The van der Waals surface area contributed by atoms with E-state index in [1.165, 1.54) is 11.1 Å². The topological polar surface area (TPSA) is 57.9 Å². The van der Waals surface area contributed by atoms with E-state index in [0.717, 1.165) is 32.6 Å². The summed E-state index contributed by atoms with van der Waals surface area (Å²) in [5.74, 6) is 0.662. The van der Waals surface area contributed by atoms with Crippen LogP contribution in [0.5, 0.6) is 0 Å². The zero-order valence-electron chi connectivity index (χ0n) is 13.4. The normalized spacial score (nSPS) is 16.5. The van der Waals surface area contributed by atoms with Crippen molar-refractivity contribution in [1.82, 2.24) is 4.98 Å². The molecule has 2 aromatic rings. The molecule has 0 atom stereocenters. The smallest absolute Gasteiger partial charge is 0.143 e. The minimum atomic E-state index is 0.0217. The van der Waals surface area contributed by atoms with Crippen molar-refractivity contribution in [3.63, 3.8) is 0 Å². The van der Waals surface area contributed by atoms with Crippen molar-refractivity contribution >= 4 is 5.82 Å². The fraction of sp³-hybridized carbons (Fsp3) is 0.368. The third kappa shape index (κ3) is 3.20. The van der Waals surface area contributed by atoms with Gasteiger partial charge in [0.2, 0.25) is 0 Å². The van der Waals surface area contributed by atoms with E-state index in [0.29, 0.717) is 11.4 Å². The lowest BCUT2D eigenvalue weighted by Gasteiger charge is -2.39. The largest absolute Gasteiger partial charge is 0.381 e. The minimum Gasteiger partial charge on any atom is -0.381 e. The molecule has 1 aromatic carbocycles. The van der Waals surface area contributed by atoms with Crippen LogP contribution in [0, 0.1) is 18.3 Å². The predicted octanol–water partition coefficient (Wildman–Crippen LogP) is 3.42. The van der Waals surface area contributed by atoms with E-state index in [1.54, 1.807) is 18.3 Å². The van der Waals surface area contributed by atoms with E-state index in [1.807, 2.05) is 0 Å². The molecule has 118 valence electrons. The van der Waals surface area contributed by atoms with Gasteiger partial charge in [-0.3, -0.25) is 0 Å². The van der Waals surface area contributed by atoms with Crippen molar-refractivity contribution in [2.75, 3.05) is 25.1 Å². The molecule has 1 aliphatic rings. The lowest BCUT2D eigenvalue weighted by Crippen LogP contribution is -2.40. The maximum Gasteiger partial charge on any atom is 0.143 e. The highest BCUT2D eigenvalue weighted by Gasteiger charge is 2.35. The standard InChI is InChI=1S/C19H21N3O/c1-15-5-2-3-7-17(15)19(8-11-23-12-9-19)14-22-18-16(13-20)6-4-10-21-18/h2-7,10H,8-9,11-12,14H2,1H3,(H,21,22). The summed E-state index contributed by atoms with van der Waals surface area (Å²) in [4.78, 5) is 4.32. The summed E-state index contributed by atoms with van der Waals surface area (Å²) in [5.41, 5.74) is 3.27. The van der Waals surface area contributed by atoms with Gasteiger partial charge in [0.1, 0.15) is 11.9 Å². The van der Waals surface area contributed by atoms with Crippen molar-refractivity contribution < 1.29 is 4.74 Å². The molecule has 1 fully saturated rings. The number of benzene rings is 1. The average molecular weight is 307 g/mol. The number of hydrogen-bond donors (Lipinski definition) is 1. The molecule has 23 heavy (non-hydrogen) atoms. The Balaban J connectivity index is 1.89. The summed E-state index contributed by atoms with van der Waals surface area (Å²) in [7, 11) is 0. The second kappa shape index (κ2) is 6.80. The van der Waals surface area contributed by atoms with E-state index in [4.69, 9.17) is 4.74 Å². The Bertz CT molecular complexity index is 715. The maximum atomic E-state index is 9.23. The van der Waals surface area contributed by atoms with E-state index in [2.05, 4.69) is 47.6 Å². The molecule has 0 radical (unpaired) electrons. The number of pyridine rings is 1. The Kier molecular flexibility index (Phi) is 4.59. The fourth-order valence-electron chi connectivity index (χ4n) is 3.36. The summed E-state index contributed by atoms with van der Waals surface area (Å²) in [6.07, 6.45) is 3.66. The van der Waals surface area contributed by atoms with Crippen LogP contribution in [0.4, 0.5) is 5.82 Å². The summed E-state index contributed by atoms with van der Waals surface area (Å²) in [6, 6.07) is 14.3. The third-order valence-corrected chi connectivity index (χ3v) is 4.69. The molecule has 4 nitrogen and oxygen atoms in total. The number of ether oxygens (including phenoxy) is 1. The van der Waals surface area contributed by atoms with E-state index in [-0.39, 0.29) is 5.41 Å². The van der Waals surface area contributed by atoms with E-state index < -0.39 is 0 Å². The highest BCUT2D eigenvalue weighted by Crippen LogP contribution is 2.36. The Hall–Kier alpha value is -2.38. The highest BCUT2D eigenvalue weighted by atomic mass is 16.5. The van der Waals surface area contributed by atoms with Crippen molar-refractivity contribution in [2.24, 2.45) is 0 Å². The molecule has 1 N–H and O–H groups in total. The zero-order valence-corrected chi connectivity index (χ0v) is 13.4. The number of rotatable bonds is 4. The van der Waals surface area contributed by atoms with Crippen LogP contribution in [0.25, 0.3) is 0 Å². The van der Waals surface area contributed by atoms with Gasteiger partial charge in [-0.15, -0.1) is 0 Å². The molecule has 3 rings (SSSR count). The van der Waals surface area contributed by atoms with Gasteiger partial charge in [0, 0.05) is 31.4 Å². The van der Waals surface area contributed by atoms with Gasteiger partial charge in [0.05, 0.1) is 5.56 Å². The SMILES string of the molecule is Cc1ccccc1C1(CNc2ncccc2C#N)CCOCC1. The number of nitriles is 1. The summed E-state index contributed by atoms with van der Waals surface area (Å²) in [6.45, 7) is 4.45. The summed E-state index contributed by atoms with van der Waals surface area (Å²) < 4.78 is 5.59. The predicted molar refractivity (Wildman–Crippen MR) is 90.4 cm³/mol. The molecule has 0 saturated carbocycles. The molecule has 0 bridgehead atoms. The Morgan fingerprint density at radius 1 is 1.22 bits per heavy atom. The summed E-state index contributed by atoms with van der Waals surface area (Å²) in [5, 5.41) is 12.6. The Labute approximate surface area is 137 Å². The van der Waals surface area contributed by atoms with Crippen LogP contribution < -0.4 is 5.32 Å². The maximum absolute atomic E-state index is 9.23. The molecule has 0 unspecified atom stereocenters. The molecule has 0 amide bonds. The van der Waals surface area contributed by atoms with Crippen LogP contribution in [-0.2, 0) is 10.2 Å². The zero-order chi connectivity index (χ0) is 16.1. The van der Waals surface area contributed by atoms with Gasteiger partial charge in [0.25, 0.3) is 0 Å². The molecule has 1 saturated heterocycles. The Morgan fingerprint density at radius 3 is 2.74 bits per heavy atom. The second-order valence-electron chi connectivity index (χ2n) is 6.07.